The lowest BCUT2D eigenvalue weighted by molar-refractivity contribution is 0.687. The molecule has 0 nitrogen and oxygen atoms in total. The molecule has 0 aromatic heterocycles. The van der Waals surface area contributed by atoms with E-state index in [9.17, 15) is 5.48 Å². The monoisotopic (exact) mass is 540 g/mol. The molecule has 0 saturated carbocycles. The number of rotatable bonds is 2. The second-order valence-corrected chi connectivity index (χ2v) is 11.0. The molecule has 196 valence electrons. The van der Waals surface area contributed by atoms with Crippen molar-refractivity contribution < 1.29 is 11.0 Å². The third-order valence-electron chi connectivity index (χ3n) is 8.81. The van der Waals surface area contributed by atoms with E-state index in [4.69, 9.17) is 5.48 Å². The van der Waals surface area contributed by atoms with E-state index < -0.39 is 11.8 Å². The fourth-order valence-electron chi connectivity index (χ4n) is 6.98. The molecule has 7 aromatic carbocycles. The zero-order chi connectivity index (χ0) is 34.6. The van der Waals surface area contributed by atoms with Crippen molar-refractivity contribution in [2.24, 2.45) is 11.8 Å². The first-order valence-electron chi connectivity index (χ1n) is 18.2. The van der Waals surface area contributed by atoms with Gasteiger partial charge in [-0.15, -0.1) is 0 Å². The second kappa shape index (κ2) is 9.16. The van der Waals surface area contributed by atoms with Crippen molar-refractivity contribution >= 4 is 54.2 Å². The first-order valence-corrected chi connectivity index (χ1v) is 14.2. The number of fused-ring (bicyclic) bond motifs is 7. The number of hydrogen-bond acceptors (Lipinski definition) is 0. The molecule has 0 bridgehead atoms. The molecule has 42 heavy (non-hydrogen) atoms. The van der Waals surface area contributed by atoms with E-state index in [-0.39, 0.29) is 58.8 Å². The molecule has 0 amide bonds. The molecular weight excluding hydrogens is 504 g/mol. The van der Waals surface area contributed by atoms with Crippen LogP contribution in [0.15, 0.2) is 158 Å². The first-order chi connectivity index (χ1) is 24.2. The van der Waals surface area contributed by atoms with Crippen LogP contribution in [0.5, 0.6) is 0 Å². The molecule has 9 rings (SSSR count). The van der Waals surface area contributed by atoms with Crippen molar-refractivity contribution in [3.63, 3.8) is 0 Å². The Balaban J connectivity index is 1.53. The minimum absolute atomic E-state index is 0.147. The normalized spacial score (nSPS) is 21.3. The lowest BCUT2D eigenvalue weighted by atomic mass is 9.69. The Morgan fingerprint density at radius 3 is 1.74 bits per heavy atom. The van der Waals surface area contributed by atoms with Crippen molar-refractivity contribution in [1.82, 2.24) is 0 Å². The van der Waals surface area contributed by atoms with Gasteiger partial charge in [-0.1, -0.05) is 145 Å². The lowest BCUT2D eigenvalue weighted by Gasteiger charge is -2.34. The standard InChI is InChI=1S/C42H28/c1-2-13-29-26-40-30(25-28(29)12-1)23-24-33-32(40)20-10-22-35(33)42-38-18-7-5-16-36(38)41(37-17-6-8-19-39(37)42)34-21-9-14-27-11-3-4-15-31(27)34/h1-26,36,38H/i5D,6D,7D,8D,16D,17D,18D,19D. The lowest BCUT2D eigenvalue weighted by Crippen LogP contribution is -2.40. The van der Waals surface area contributed by atoms with Crippen LogP contribution in [-0.4, -0.2) is 0 Å². The average Bonchev–Trinajstić information content (AvgIpc) is 3.15. The smallest absolute Gasteiger partial charge is 0.0629 e. The van der Waals surface area contributed by atoms with Gasteiger partial charge in [0.25, 0.3) is 0 Å². The van der Waals surface area contributed by atoms with Crippen molar-refractivity contribution in [3.05, 3.63) is 179 Å². The topological polar surface area (TPSA) is 0 Å². The van der Waals surface area contributed by atoms with Gasteiger partial charge in [-0.2, -0.15) is 0 Å². The Bertz CT molecular complexity index is 2860. The molecule has 0 spiro atoms. The van der Waals surface area contributed by atoms with Crippen molar-refractivity contribution in [1.29, 1.82) is 0 Å². The predicted octanol–water partition coefficient (Wildman–Crippen LogP) is 9.07. The van der Waals surface area contributed by atoms with Gasteiger partial charge < -0.3 is 0 Å². The van der Waals surface area contributed by atoms with Gasteiger partial charge >= 0.3 is 0 Å². The van der Waals surface area contributed by atoms with E-state index in [0.717, 1.165) is 43.1 Å². The molecule has 2 aliphatic rings. The summed E-state index contributed by atoms with van der Waals surface area (Å²) >= 11 is 0. The Morgan fingerprint density at radius 1 is 0.429 bits per heavy atom. The van der Waals surface area contributed by atoms with Crippen molar-refractivity contribution in [2.75, 3.05) is 0 Å². The summed E-state index contributed by atoms with van der Waals surface area (Å²) in [5, 5.41) is 8.36. The number of hydrogen-bond donors (Lipinski definition) is 0. The highest BCUT2D eigenvalue weighted by atomic mass is 14.4. The van der Waals surface area contributed by atoms with E-state index >= 15 is 0 Å². The zero-order valence-electron chi connectivity index (χ0n) is 30.5. The summed E-state index contributed by atoms with van der Waals surface area (Å²) in [4.78, 5) is 0. The van der Waals surface area contributed by atoms with Crippen LogP contribution in [0.4, 0.5) is 0 Å². The molecule has 0 aliphatic heterocycles. The Hall–Kier alpha value is -5.20. The van der Waals surface area contributed by atoms with Gasteiger partial charge in [0.1, 0.15) is 0 Å². The number of benzene rings is 7. The Kier molecular flexibility index (Phi) is 3.69. The third kappa shape index (κ3) is 3.42. The van der Waals surface area contributed by atoms with E-state index in [2.05, 4.69) is 30.3 Å². The maximum Gasteiger partial charge on any atom is 0.0629 e. The fraction of sp³-hybridized carbons (Fsp3) is 0.0476. The SMILES string of the molecule is [2H]C1=C([2H])C2C(c3cccc4ccccc34)=c3c([2H])c([2H])c([2H])c([2H])c3=C(c3cccc4c3ccc3cc5ccccc5cc34)C2C([2H])=C1[2H]. The summed E-state index contributed by atoms with van der Waals surface area (Å²) in [6, 6.07) is 33.7. The summed E-state index contributed by atoms with van der Waals surface area (Å²) in [5.41, 5.74) is 2.30. The maximum atomic E-state index is 9.44. The van der Waals surface area contributed by atoms with Crippen LogP contribution in [0, 0.1) is 11.8 Å². The Labute approximate surface area is 256 Å². The van der Waals surface area contributed by atoms with Crippen LogP contribution in [0.3, 0.4) is 0 Å². The quantitative estimate of drug-likeness (QED) is 0.152. The average molecular weight is 541 g/mol. The molecular formula is C42H28. The van der Waals surface area contributed by atoms with Crippen LogP contribution in [0.2, 0.25) is 0 Å². The van der Waals surface area contributed by atoms with Crippen LogP contribution in [0.1, 0.15) is 22.1 Å². The maximum absolute atomic E-state index is 9.44. The molecule has 0 saturated heterocycles. The highest BCUT2D eigenvalue weighted by Crippen LogP contribution is 2.43. The van der Waals surface area contributed by atoms with Gasteiger partial charge in [0.15, 0.2) is 0 Å². The summed E-state index contributed by atoms with van der Waals surface area (Å²) < 4.78 is 72.9. The van der Waals surface area contributed by atoms with Gasteiger partial charge in [0, 0.05) is 11.8 Å². The summed E-state index contributed by atoms with van der Waals surface area (Å²) in [7, 11) is 0. The van der Waals surface area contributed by atoms with Crippen LogP contribution < -0.4 is 10.4 Å². The molecule has 0 radical (unpaired) electrons. The van der Waals surface area contributed by atoms with Gasteiger partial charge in [-0.3, -0.25) is 0 Å². The molecule has 0 heterocycles. The van der Waals surface area contributed by atoms with Gasteiger partial charge in [-0.05, 0) is 87.9 Å². The van der Waals surface area contributed by atoms with E-state index in [1.54, 1.807) is 0 Å². The second-order valence-electron chi connectivity index (χ2n) is 11.0. The van der Waals surface area contributed by atoms with E-state index in [0.29, 0.717) is 22.3 Å². The Morgan fingerprint density at radius 2 is 1.00 bits per heavy atom. The zero-order valence-corrected chi connectivity index (χ0v) is 22.5. The van der Waals surface area contributed by atoms with Crippen LogP contribution in [0.25, 0.3) is 54.2 Å². The molecule has 0 N–H and O–H groups in total. The van der Waals surface area contributed by atoms with Crippen LogP contribution in [-0.2, 0) is 0 Å². The van der Waals surface area contributed by atoms with Gasteiger partial charge in [0.2, 0.25) is 0 Å². The van der Waals surface area contributed by atoms with E-state index in [1.807, 2.05) is 78.9 Å². The van der Waals surface area contributed by atoms with Crippen molar-refractivity contribution in [3.8, 4) is 0 Å². The molecule has 0 heteroatoms. The predicted molar refractivity (Wildman–Crippen MR) is 179 cm³/mol. The van der Waals surface area contributed by atoms with Crippen molar-refractivity contribution in [2.45, 2.75) is 0 Å². The summed E-state index contributed by atoms with van der Waals surface area (Å²) in [6.45, 7) is 0. The highest BCUT2D eigenvalue weighted by Gasteiger charge is 2.32. The summed E-state index contributed by atoms with van der Waals surface area (Å²) in [5.74, 6) is -1.90. The third-order valence-corrected chi connectivity index (χ3v) is 8.81. The largest absolute Gasteiger partial charge is 0.0760 e. The van der Waals surface area contributed by atoms with Gasteiger partial charge in [-0.25, -0.2) is 0 Å². The number of allylic oxidation sites excluding steroid dienone is 4. The minimum atomic E-state index is -0.956. The van der Waals surface area contributed by atoms with Crippen LogP contribution >= 0.6 is 0 Å². The van der Waals surface area contributed by atoms with Gasteiger partial charge in [0.05, 0.1) is 11.0 Å². The minimum Gasteiger partial charge on any atom is -0.0760 e. The fourth-order valence-corrected chi connectivity index (χ4v) is 6.98. The molecule has 2 aliphatic carbocycles. The summed E-state index contributed by atoms with van der Waals surface area (Å²) in [6.07, 6.45) is 0. The van der Waals surface area contributed by atoms with E-state index in [1.165, 1.54) is 0 Å². The molecule has 2 atom stereocenters. The molecule has 0 fully saturated rings. The first kappa shape index (κ1) is 16.9. The molecule has 7 aromatic rings. The highest BCUT2D eigenvalue weighted by molar-refractivity contribution is 6.14. The molecule has 2 unspecified atom stereocenters.